The van der Waals surface area contributed by atoms with Gasteiger partial charge in [-0.2, -0.15) is 0 Å². The number of nitrogens with zero attached hydrogens (tertiary/aromatic N) is 9. The summed E-state index contributed by atoms with van der Waals surface area (Å²) in [6.07, 6.45) is 7.75. The Kier molecular flexibility index (Phi) is 5.08. The van der Waals surface area contributed by atoms with Gasteiger partial charge in [-0.25, -0.2) is 23.4 Å². The predicted molar refractivity (Wildman–Crippen MR) is 115 cm³/mol. The van der Waals surface area contributed by atoms with Crippen LogP contribution in [0.1, 0.15) is 30.0 Å². The number of tetrazole rings is 1. The van der Waals surface area contributed by atoms with E-state index in [9.17, 15) is 8.78 Å². The van der Waals surface area contributed by atoms with Crippen LogP contribution >= 0.6 is 0 Å². The fraction of sp³-hybridized carbons (Fsp3) is 0.381. The van der Waals surface area contributed by atoms with E-state index in [1.807, 2.05) is 4.90 Å². The summed E-state index contributed by atoms with van der Waals surface area (Å²) in [5.74, 6) is -0.887. The Morgan fingerprint density at radius 3 is 2.32 bits per heavy atom. The molecule has 0 bridgehead atoms. The van der Waals surface area contributed by atoms with Gasteiger partial charge in [0.25, 0.3) is 5.89 Å². The lowest BCUT2D eigenvalue weighted by Crippen LogP contribution is -2.35. The number of aromatic nitrogens is 8. The molecule has 1 aromatic carbocycles. The van der Waals surface area contributed by atoms with Gasteiger partial charge in [-0.3, -0.25) is 0 Å². The van der Waals surface area contributed by atoms with Gasteiger partial charge in [-0.1, -0.05) is 5.10 Å². The van der Waals surface area contributed by atoms with Crippen LogP contribution in [0.25, 0.3) is 11.5 Å². The van der Waals surface area contributed by atoms with E-state index in [4.69, 9.17) is 4.42 Å². The quantitative estimate of drug-likeness (QED) is 0.468. The third kappa shape index (κ3) is 3.93. The van der Waals surface area contributed by atoms with E-state index < -0.39 is 11.6 Å². The maximum Gasteiger partial charge on any atom is 0.318 e. The standard InChI is InChI=1S/C21H20F2N10O/c22-17-7-12-5-15(6-13(12)8-18(17)23)27-20-24-9-14(10-25-20)19-28-29-21(34-19)32-3-1-16(2-4-32)33-11-26-30-31-33/h7-11,15-16H,1-6H2,(H,24,25,27). The van der Waals surface area contributed by atoms with Crippen molar-refractivity contribution in [2.45, 2.75) is 37.8 Å². The van der Waals surface area contributed by atoms with Crippen LogP contribution in [-0.2, 0) is 12.8 Å². The minimum atomic E-state index is -0.823. The highest BCUT2D eigenvalue weighted by Crippen LogP contribution is 2.28. The van der Waals surface area contributed by atoms with Crippen LogP contribution in [0.4, 0.5) is 20.7 Å². The van der Waals surface area contributed by atoms with Crippen LogP contribution in [0.5, 0.6) is 0 Å². The lowest BCUT2D eigenvalue weighted by Gasteiger charge is -2.29. The Hall–Kier alpha value is -4.03. The summed E-state index contributed by atoms with van der Waals surface area (Å²) in [6.45, 7) is 1.51. The lowest BCUT2D eigenvalue weighted by atomic mass is 10.1. The summed E-state index contributed by atoms with van der Waals surface area (Å²) < 4.78 is 34.6. The number of nitrogens with one attached hydrogen (secondary N) is 1. The first-order chi connectivity index (χ1) is 16.6. The molecule has 0 amide bonds. The molecule has 2 aliphatic rings. The highest BCUT2D eigenvalue weighted by atomic mass is 19.2. The maximum absolute atomic E-state index is 13.5. The Morgan fingerprint density at radius 2 is 1.68 bits per heavy atom. The molecule has 6 rings (SSSR count). The highest BCUT2D eigenvalue weighted by Gasteiger charge is 2.26. The molecular formula is C21H20F2N10O. The van der Waals surface area contributed by atoms with Crippen LogP contribution < -0.4 is 10.2 Å². The van der Waals surface area contributed by atoms with E-state index in [1.165, 1.54) is 12.1 Å². The molecule has 1 aliphatic heterocycles. The van der Waals surface area contributed by atoms with Crippen molar-refractivity contribution >= 4 is 12.0 Å². The average molecular weight is 466 g/mol. The van der Waals surface area contributed by atoms with Crippen molar-refractivity contribution in [1.82, 2.24) is 40.4 Å². The number of halogens is 2. The molecule has 1 aliphatic carbocycles. The van der Waals surface area contributed by atoms with Gasteiger partial charge in [-0.05, 0) is 59.4 Å². The zero-order chi connectivity index (χ0) is 23.1. The molecule has 4 aromatic rings. The molecule has 0 atom stereocenters. The second-order valence-corrected chi connectivity index (χ2v) is 8.48. The van der Waals surface area contributed by atoms with Gasteiger partial charge >= 0.3 is 6.01 Å². The monoisotopic (exact) mass is 466 g/mol. The number of anilines is 2. The van der Waals surface area contributed by atoms with Gasteiger partial charge in [0.15, 0.2) is 11.6 Å². The lowest BCUT2D eigenvalue weighted by molar-refractivity contribution is 0.350. The first-order valence-corrected chi connectivity index (χ1v) is 11.0. The molecule has 0 saturated carbocycles. The first-order valence-electron chi connectivity index (χ1n) is 11.0. The van der Waals surface area contributed by atoms with Crippen LogP contribution in [0.2, 0.25) is 0 Å². The Morgan fingerprint density at radius 1 is 0.971 bits per heavy atom. The Balaban J connectivity index is 1.07. The van der Waals surface area contributed by atoms with Gasteiger partial charge in [0.1, 0.15) is 6.33 Å². The highest BCUT2D eigenvalue weighted by molar-refractivity contribution is 5.52. The minimum Gasteiger partial charge on any atom is -0.403 e. The molecule has 1 saturated heterocycles. The second kappa shape index (κ2) is 8.39. The molecule has 0 spiro atoms. The summed E-state index contributed by atoms with van der Waals surface area (Å²) in [7, 11) is 0. The number of benzene rings is 1. The van der Waals surface area contributed by atoms with Gasteiger partial charge in [0.05, 0.1) is 11.6 Å². The largest absolute Gasteiger partial charge is 0.403 e. The smallest absolute Gasteiger partial charge is 0.318 e. The molecule has 11 nitrogen and oxygen atoms in total. The fourth-order valence-electron chi connectivity index (χ4n) is 4.53. The Labute approximate surface area is 192 Å². The van der Waals surface area contributed by atoms with E-state index in [-0.39, 0.29) is 12.1 Å². The zero-order valence-electron chi connectivity index (χ0n) is 18.0. The molecule has 0 unspecified atom stereocenters. The number of hydrogen-bond acceptors (Lipinski definition) is 10. The molecule has 0 radical (unpaired) electrons. The van der Waals surface area contributed by atoms with Crippen LogP contribution in [-0.4, -0.2) is 59.5 Å². The maximum atomic E-state index is 13.5. The molecule has 1 N–H and O–H groups in total. The van der Waals surface area contributed by atoms with Crippen LogP contribution in [0.15, 0.2) is 35.3 Å². The number of rotatable bonds is 5. The minimum absolute atomic E-state index is 0.0340. The van der Waals surface area contributed by atoms with Crippen molar-refractivity contribution in [1.29, 1.82) is 0 Å². The third-order valence-corrected chi connectivity index (χ3v) is 6.30. The molecular weight excluding hydrogens is 446 g/mol. The van der Waals surface area contributed by atoms with Gasteiger partial charge in [0, 0.05) is 31.5 Å². The van der Waals surface area contributed by atoms with Gasteiger partial charge in [-0.15, -0.1) is 10.2 Å². The van der Waals surface area contributed by atoms with Crippen molar-refractivity contribution in [2.24, 2.45) is 0 Å². The van der Waals surface area contributed by atoms with Crippen molar-refractivity contribution in [3.05, 3.63) is 53.6 Å². The fourth-order valence-corrected chi connectivity index (χ4v) is 4.53. The van der Waals surface area contributed by atoms with Crippen LogP contribution in [0.3, 0.4) is 0 Å². The molecule has 3 aromatic heterocycles. The predicted octanol–water partition coefficient (Wildman–Crippen LogP) is 2.21. The number of piperidine rings is 1. The molecule has 34 heavy (non-hydrogen) atoms. The van der Waals surface area contributed by atoms with Crippen molar-refractivity contribution in [3.63, 3.8) is 0 Å². The van der Waals surface area contributed by atoms with E-state index in [1.54, 1.807) is 23.4 Å². The normalized spacial score (nSPS) is 16.7. The summed E-state index contributed by atoms with van der Waals surface area (Å²) in [6, 6.07) is 3.20. The summed E-state index contributed by atoms with van der Waals surface area (Å²) in [4.78, 5) is 10.7. The van der Waals surface area contributed by atoms with E-state index in [0.717, 1.165) is 37.1 Å². The SMILES string of the molecule is Fc1cc2c(cc1F)CC(Nc1ncc(-c3nnc(N4CCC(n5cnnn5)CC4)o3)cn1)C2. The number of fused-ring (bicyclic) bond motifs is 1. The van der Waals surface area contributed by atoms with Crippen molar-refractivity contribution in [2.75, 3.05) is 23.3 Å². The number of hydrogen-bond donors (Lipinski definition) is 1. The first kappa shape index (κ1) is 20.6. The summed E-state index contributed by atoms with van der Waals surface area (Å²) in [5.41, 5.74) is 2.20. The summed E-state index contributed by atoms with van der Waals surface area (Å²) >= 11 is 0. The Bertz CT molecular complexity index is 1250. The van der Waals surface area contributed by atoms with E-state index in [2.05, 4.69) is 41.0 Å². The topological polar surface area (TPSA) is 124 Å². The molecule has 174 valence electrons. The molecule has 13 heteroatoms. The third-order valence-electron chi connectivity index (χ3n) is 6.30. The van der Waals surface area contributed by atoms with Crippen molar-refractivity contribution in [3.8, 4) is 11.5 Å². The van der Waals surface area contributed by atoms with Crippen molar-refractivity contribution < 1.29 is 13.2 Å². The molecule has 1 fully saturated rings. The average Bonchev–Trinajstić information content (AvgIpc) is 3.61. The summed E-state index contributed by atoms with van der Waals surface area (Å²) in [5, 5.41) is 22.9. The second-order valence-electron chi connectivity index (χ2n) is 8.48. The van der Waals surface area contributed by atoms with Gasteiger partial charge in [0.2, 0.25) is 5.95 Å². The molecule has 4 heterocycles. The van der Waals surface area contributed by atoms with Crippen LogP contribution in [0, 0.1) is 11.6 Å². The van der Waals surface area contributed by atoms with E-state index in [0.29, 0.717) is 36.3 Å². The van der Waals surface area contributed by atoms with E-state index >= 15 is 0 Å². The van der Waals surface area contributed by atoms with Gasteiger partial charge < -0.3 is 14.6 Å². The zero-order valence-corrected chi connectivity index (χ0v) is 18.0.